The van der Waals surface area contributed by atoms with E-state index in [2.05, 4.69) is 25.9 Å². The molecule has 0 aliphatic heterocycles. The first-order valence-electron chi connectivity index (χ1n) is 5.63. The van der Waals surface area contributed by atoms with Gasteiger partial charge in [0.1, 0.15) is 22.1 Å². The standard InChI is InChI=1S/C13H9BrF2N2/c14-12-6-11(17-13(18-12)7-1-2-7)9-5-8(15)3-4-10(9)16/h3-7H,1-2H2. The van der Waals surface area contributed by atoms with E-state index < -0.39 is 11.6 Å². The average molecular weight is 311 g/mol. The highest BCUT2D eigenvalue weighted by Crippen LogP contribution is 2.39. The van der Waals surface area contributed by atoms with Crippen LogP contribution in [0.2, 0.25) is 0 Å². The number of benzene rings is 1. The van der Waals surface area contributed by atoms with E-state index >= 15 is 0 Å². The molecule has 1 saturated carbocycles. The van der Waals surface area contributed by atoms with Gasteiger partial charge in [-0.1, -0.05) is 0 Å². The number of halogens is 3. The van der Waals surface area contributed by atoms with Crippen LogP contribution >= 0.6 is 15.9 Å². The minimum Gasteiger partial charge on any atom is -0.232 e. The van der Waals surface area contributed by atoms with Crippen LogP contribution in [0.4, 0.5) is 8.78 Å². The number of hydrogen-bond acceptors (Lipinski definition) is 2. The Hall–Kier alpha value is -1.36. The zero-order chi connectivity index (χ0) is 12.7. The molecule has 1 heterocycles. The molecule has 1 aromatic carbocycles. The van der Waals surface area contributed by atoms with Crippen molar-refractivity contribution < 1.29 is 8.78 Å². The zero-order valence-corrected chi connectivity index (χ0v) is 10.9. The van der Waals surface area contributed by atoms with Crippen LogP contribution < -0.4 is 0 Å². The van der Waals surface area contributed by atoms with E-state index in [9.17, 15) is 8.78 Å². The predicted octanol–water partition coefficient (Wildman–Crippen LogP) is 4.06. The molecule has 0 amide bonds. The molecule has 0 atom stereocenters. The first-order valence-corrected chi connectivity index (χ1v) is 6.42. The van der Waals surface area contributed by atoms with Crippen molar-refractivity contribution in [3.05, 3.63) is 46.3 Å². The fourth-order valence-corrected chi connectivity index (χ4v) is 2.19. The molecule has 0 unspecified atom stereocenters. The Morgan fingerprint density at radius 2 is 1.89 bits per heavy atom. The Labute approximate surface area is 111 Å². The molecule has 0 spiro atoms. The summed E-state index contributed by atoms with van der Waals surface area (Å²) in [6, 6.07) is 4.96. The van der Waals surface area contributed by atoms with Crippen molar-refractivity contribution in [1.82, 2.24) is 9.97 Å². The highest BCUT2D eigenvalue weighted by molar-refractivity contribution is 9.10. The zero-order valence-electron chi connectivity index (χ0n) is 9.33. The first-order chi connectivity index (χ1) is 8.63. The summed E-state index contributed by atoms with van der Waals surface area (Å²) in [6.07, 6.45) is 2.11. The summed E-state index contributed by atoms with van der Waals surface area (Å²) in [5.74, 6) is 0.0961. The maximum atomic E-state index is 13.7. The maximum absolute atomic E-state index is 13.7. The largest absolute Gasteiger partial charge is 0.232 e. The van der Waals surface area contributed by atoms with Gasteiger partial charge in [0.05, 0.1) is 5.69 Å². The van der Waals surface area contributed by atoms with Crippen LogP contribution in [-0.4, -0.2) is 9.97 Å². The van der Waals surface area contributed by atoms with Gasteiger partial charge in [0.2, 0.25) is 0 Å². The summed E-state index contributed by atoms with van der Waals surface area (Å²) in [7, 11) is 0. The second-order valence-electron chi connectivity index (χ2n) is 4.33. The van der Waals surface area contributed by atoms with Crippen molar-refractivity contribution in [2.75, 3.05) is 0 Å². The summed E-state index contributed by atoms with van der Waals surface area (Å²) in [5, 5.41) is 0. The van der Waals surface area contributed by atoms with Gasteiger partial charge in [0, 0.05) is 11.5 Å². The molecular weight excluding hydrogens is 302 g/mol. The number of rotatable bonds is 2. The van der Waals surface area contributed by atoms with Crippen LogP contribution in [0, 0.1) is 11.6 Å². The van der Waals surface area contributed by atoms with E-state index in [1.54, 1.807) is 6.07 Å². The van der Waals surface area contributed by atoms with Gasteiger partial charge in [-0.2, -0.15) is 0 Å². The minimum atomic E-state index is -0.483. The molecule has 1 aliphatic rings. The summed E-state index contributed by atoms with van der Waals surface area (Å²) in [4.78, 5) is 8.58. The van der Waals surface area contributed by atoms with Crippen LogP contribution in [0.1, 0.15) is 24.6 Å². The minimum absolute atomic E-state index is 0.167. The fourth-order valence-electron chi connectivity index (χ4n) is 1.79. The lowest BCUT2D eigenvalue weighted by Crippen LogP contribution is -1.97. The van der Waals surface area contributed by atoms with Gasteiger partial charge < -0.3 is 0 Å². The Kier molecular flexibility index (Phi) is 2.86. The van der Waals surface area contributed by atoms with Crippen LogP contribution in [0.3, 0.4) is 0 Å². The molecule has 0 bridgehead atoms. The molecule has 5 heteroatoms. The lowest BCUT2D eigenvalue weighted by molar-refractivity contribution is 0.602. The van der Waals surface area contributed by atoms with E-state index in [0.29, 0.717) is 22.0 Å². The normalized spacial score (nSPS) is 14.8. The lowest BCUT2D eigenvalue weighted by atomic mass is 10.1. The molecule has 18 heavy (non-hydrogen) atoms. The number of hydrogen-bond donors (Lipinski definition) is 0. The Bertz CT molecular complexity index is 612. The molecule has 1 aliphatic carbocycles. The summed E-state index contributed by atoms with van der Waals surface area (Å²) >= 11 is 3.28. The van der Waals surface area contributed by atoms with E-state index in [1.807, 2.05) is 0 Å². The van der Waals surface area contributed by atoms with E-state index in [4.69, 9.17) is 0 Å². The van der Waals surface area contributed by atoms with Crippen molar-refractivity contribution >= 4 is 15.9 Å². The van der Waals surface area contributed by atoms with Gasteiger partial charge in [-0.05, 0) is 53.0 Å². The van der Waals surface area contributed by atoms with E-state index in [-0.39, 0.29) is 5.56 Å². The molecule has 1 aromatic heterocycles. The fraction of sp³-hybridized carbons (Fsp3) is 0.231. The topological polar surface area (TPSA) is 25.8 Å². The van der Waals surface area contributed by atoms with Crippen LogP contribution in [0.5, 0.6) is 0 Å². The third-order valence-electron chi connectivity index (χ3n) is 2.86. The van der Waals surface area contributed by atoms with Crippen LogP contribution in [-0.2, 0) is 0 Å². The van der Waals surface area contributed by atoms with Gasteiger partial charge in [0.15, 0.2) is 0 Å². The molecule has 0 radical (unpaired) electrons. The molecule has 1 fully saturated rings. The Balaban J connectivity index is 2.12. The smallest absolute Gasteiger partial charge is 0.133 e. The third kappa shape index (κ3) is 2.27. The average Bonchev–Trinajstić information content (AvgIpc) is 3.15. The number of aromatic nitrogens is 2. The Morgan fingerprint density at radius 1 is 1.11 bits per heavy atom. The monoisotopic (exact) mass is 310 g/mol. The van der Waals surface area contributed by atoms with Crippen molar-refractivity contribution in [1.29, 1.82) is 0 Å². The molecule has 0 N–H and O–H groups in total. The van der Waals surface area contributed by atoms with Gasteiger partial charge in [-0.3, -0.25) is 0 Å². The second-order valence-corrected chi connectivity index (χ2v) is 5.15. The SMILES string of the molecule is Fc1ccc(F)c(-c2cc(Br)nc(C3CC3)n2)c1. The molecule has 2 aromatic rings. The molecule has 3 rings (SSSR count). The van der Waals surface area contributed by atoms with Crippen molar-refractivity contribution in [3.63, 3.8) is 0 Å². The van der Waals surface area contributed by atoms with Gasteiger partial charge in [-0.15, -0.1) is 0 Å². The van der Waals surface area contributed by atoms with E-state index in [0.717, 1.165) is 31.0 Å². The third-order valence-corrected chi connectivity index (χ3v) is 3.27. The second kappa shape index (κ2) is 4.39. The molecule has 2 nitrogen and oxygen atoms in total. The summed E-state index contributed by atoms with van der Waals surface area (Å²) in [5.41, 5.74) is 0.579. The summed E-state index contributed by atoms with van der Waals surface area (Å²) in [6.45, 7) is 0. The van der Waals surface area contributed by atoms with Crippen molar-refractivity contribution in [2.24, 2.45) is 0 Å². The molecule has 92 valence electrons. The van der Waals surface area contributed by atoms with E-state index in [1.165, 1.54) is 0 Å². The van der Waals surface area contributed by atoms with Gasteiger partial charge in [-0.25, -0.2) is 18.7 Å². The maximum Gasteiger partial charge on any atom is 0.133 e. The van der Waals surface area contributed by atoms with Crippen molar-refractivity contribution in [3.8, 4) is 11.3 Å². The highest BCUT2D eigenvalue weighted by Gasteiger charge is 2.27. The first kappa shape index (κ1) is 11.7. The number of nitrogens with zero attached hydrogens (tertiary/aromatic N) is 2. The predicted molar refractivity (Wildman–Crippen MR) is 67.1 cm³/mol. The molecule has 0 saturated heterocycles. The molecular formula is C13H9BrF2N2. The van der Waals surface area contributed by atoms with Crippen LogP contribution in [0.15, 0.2) is 28.9 Å². The van der Waals surface area contributed by atoms with Gasteiger partial charge in [0.25, 0.3) is 0 Å². The van der Waals surface area contributed by atoms with Crippen LogP contribution in [0.25, 0.3) is 11.3 Å². The summed E-state index contributed by atoms with van der Waals surface area (Å²) < 4.78 is 27.5. The van der Waals surface area contributed by atoms with Gasteiger partial charge >= 0.3 is 0 Å². The van der Waals surface area contributed by atoms with Crippen molar-refractivity contribution in [2.45, 2.75) is 18.8 Å². The highest BCUT2D eigenvalue weighted by atomic mass is 79.9. The quantitative estimate of drug-likeness (QED) is 0.782. The Morgan fingerprint density at radius 3 is 2.61 bits per heavy atom. The lowest BCUT2D eigenvalue weighted by Gasteiger charge is -2.06.